The van der Waals surface area contributed by atoms with Crippen LogP contribution in [-0.4, -0.2) is 59.9 Å². The lowest BCUT2D eigenvalue weighted by Crippen LogP contribution is -2.41. The van der Waals surface area contributed by atoms with Crippen LogP contribution in [0.5, 0.6) is 0 Å². The normalized spacial score (nSPS) is 21.8. The van der Waals surface area contributed by atoms with Gasteiger partial charge in [-0.25, -0.2) is 13.6 Å². The van der Waals surface area contributed by atoms with Crippen molar-refractivity contribution >= 4 is 6.09 Å². The topological polar surface area (TPSA) is 61.8 Å². The zero-order valence-corrected chi connectivity index (χ0v) is 11.5. The molecule has 0 aromatic heterocycles. The highest BCUT2D eigenvalue weighted by molar-refractivity contribution is 5.68. The van der Waals surface area contributed by atoms with Gasteiger partial charge in [-0.2, -0.15) is 0 Å². The Morgan fingerprint density at radius 3 is 2.68 bits per heavy atom. The first-order valence-corrected chi connectivity index (χ1v) is 6.36. The van der Waals surface area contributed by atoms with Gasteiger partial charge in [0.25, 0.3) is 6.43 Å². The van der Waals surface area contributed by atoms with Crippen molar-refractivity contribution in [3.05, 3.63) is 0 Å². The van der Waals surface area contributed by atoms with Crippen molar-refractivity contribution in [3.63, 3.8) is 0 Å². The Balaban J connectivity index is 2.31. The maximum Gasteiger partial charge on any atom is 0.410 e. The number of nitrogens with zero attached hydrogens (tertiary/aromatic N) is 1. The third-order valence-electron chi connectivity index (χ3n) is 2.75. The molecular formula is C12H22F2N2O3. The van der Waals surface area contributed by atoms with Crippen LogP contribution in [-0.2, 0) is 4.74 Å². The highest BCUT2D eigenvalue weighted by atomic mass is 19.3. The van der Waals surface area contributed by atoms with E-state index in [1.807, 2.05) is 0 Å². The van der Waals surface area contributed by atoms with Crippen molar-refractivity contribution < 1.29 is 23.4 Å². The van der Waals surface area contributed by atoms with E-state index in [9.17, 15) is 13.6 Å². The highest BCUT2D eigenvalue weighted by Gasteiger charge is 2.30. The van der Waals surface area contributed by atoms with Gasteiger partial charge in [0, 0.05) is 25.7 Å². The van der Waals surface area contributed by atoms with Crippen LogP contribution in [0, 0.1) is 0 Å². The van der Waals surface area contributed by atoms with Gasteiger partial charge < -0.3 is 20.1 Å². The molecule has 1 aliphatic heterocycles. The molecule has 0 radical (unpaired) electrons. The van der Waals surface area contributed by atoms with E-state index in [4.69, 9.17) is 9.84 Å². The van der Waals surface area contributed by atoms with Crippen molar-refractivity contribution in [2.45, 2.75) is 51.4 Å². The summed E-state index contributed by atoms with van der Waals surface area (Å²) in [4.78, 5) is 13.3. The molecule has 19 heavy (non-hydrogen) atoms. The molecule has 0 aromatic rings. The Morgan fingerprint density at radius 1 is 1.53 bits per heavy atom. The van der Waals surface area contributed by atoms with E-state index in [1.165, 1.54) is 4.90 Å². The number of aliphatic hydroxyl groups is 1. The first-order chi connectivity index (χ1) is 8.69. The molecule has 1 saturated heterocycles. The highest BCUT2D eigenvalue weighted by Crippen LogP contribution is 2.15. The number of aliphatic hydroxyl groups excluding tert-OH is 1. The number of amides is 1. The molecule has 1 amide bonds. The minimum atomic E-state index is -2.75. The molecule has 0 aromatic carbocycles. The van der Waals surface area contributed by atoms with Gasteiger partial charge in [0.05, 0.1) is 0 Å². The van der Waals surface area contributed by atoms with E-state index in [0.29, 0.717) is 19.5 Å². The molecule has 5 nitrogen and oxygen atoms in total. The maximum absolute atomic E-state index is 12.1. The van der Waals surface area contributed by atoms with Gasteiger partial charge in [-0.1, -0.05) is 0 Å². The number of halogens is 2. The number of hydrogen-bond donors (Lipinski definition) is 2. The first kappa shape index (κ1) is 16.1. The number of alkyl halides is 2. The third kappa shape index (κ3) is 5.69. The van der Waals surface area contributed by atoms with Gasteiger partial charge >= 0.3 is 6.09 Å². The third-order valence-corrected chi connectivity index (χ3v) is 2.75. The molecule has 1 heterocycles. The number of nitrogens with one attached hydrogen (secondary N) is 1. The quantitative estimate of drug-likeness (QED) is 0.812. The summed E-state index contributed by atoms with van der Waals surface area (Å²) in [5.74, 6) is 0. The molecule has 112 valence electrons. The fraction of sp³-hybridized carbons (Fsp3) is 0.917. The van der Waals surface area contributed by atoms with Gasteiger partial charge in [0.15, 0.2) is 0 Å². The number of likely N-dealkylation sites (tertiary alicyclic amines) is 1. The van der Waals surface area contributed by atoms with Crippen molar-refractivity contribution in [2.24, 2.45) is 0 Å². The lowest BCUT2D eigenvalue weighted by atomic mass is 10.2. The molecule has 1 aliphatic rings. The average molecular weight is 280 g/mol. The van der Waals surface area contributed by atoms with Gasteiger partial charge in [-0.3, -0.25) is 0 Å². The van der Waals surface area contributed by atoms with E-state index in [2.05, 4.69) is 5.32 Å². The van der Waals surface area contributed by atoms with Crippen LogP contribution in [0.3, 0.4) is 0 Å². The lowest BCUT2D eigenvalue weighted by molar-refractivity contribution is -0.00464. The summed E-state index contributed by atoms with van der Waals surface area (Å²) in [5, 5.41) is 11.8. The van der Waals surface area contributed by atoms with Crippen molar-refractivity contribution in [1.82, 2.24) is 10.2 Å². The van der Waals surface area contributed by atoms with Crippen molar-refractivity contribution in [3.8, 4) is 0 Å². The molecule has 1 rings (SSSR count). The summed E-state index contributed by atoms with van der Waals surface area (Å²) in [6, 6.07) is -0.0825. The Labute approximate surface area is 111 Å². The minimum absolute atomic E-state index is 0.0825. The van der Waals surface area contributed by atoms with Gasteiger partial charge in [0.1, 0.15) is 11.7 Å². The zero-order valence-electron chi connectivity index (χ0n) is 11.5. The Bertz CT molecular complexity index is 308. The molecule has 1 fully saturated rings. The van der Waals surface area contributed by atoms with Crippen molar-refractivity contribution in [1.29, 1.82) is 0 Å². The van der Waals surface area contributed by atoms with Gasteiger partial charge in [-0.15, -0.1) is 0 Å². The van der Waals surface area contributed by atoms with E-state index >= 15 is 0 Å². The molecule has 2 N–H and O–H groups in total. The SMILES string of the molecule is CC(C)(C)OC(=O)N1CCC(NCC(O)C(F)F)C1. The molecule has 7 heteroatoms. The van der Waals surface area contributed by atoms with E-state index in [1.54, 1.807) is 20.8 Å². The first-order valence-electron chi connectivity index (χ1n) is 6.36. The number of carbonyl (C=O) groups is 1. The van der Waals surface area contributed by atoms with Gasteiger partial charge in [-0.05, 0) is 27.2 Å². The number of ether oxygens (including phenoxy) is 1. The summed E-state index contributed by atoms with van der Waals surface area (Å²) in [7, 11) is 0. The van der Waals surface area contributed by atoms with Crippen LogP contribution in [0.25, 0.3) is 0 Å². The van der Waals surface area contributed by atoms with Crippen LogP contribution >= 0.6 is 0 Å². The second-order valence-electron chi connectivity index (χ2n) is 5.72. The second-order valence-corrected chi connectivity index (χ2v) is 5.72. The number of hydrogen-bond acceptors (Lipinski definition) is 4. The standard InChI is InChI=1S/C12H22F2N2O3/c1-12(2,3)19-11(18)16-5-4-8(7-16)15-6-9(17)10(13)14/h8-10,15,17H,4-7H2,1-3H3. The molecule has 0 saturated carbocycles. The molecule has 0 aliphatic carbocycles. The monoisotopic (exact) mass is 280 g/mol. The Hall–Kier alpha value is -0.950. The molecule has 2 atom stereocenters. The smallest absolute Gasteiger partial charge is 0.410 e. The number of rotatable bonds is 4. The summed E-state index contributed by atoms with van der Waals surface area (Å²) >= 11 is 0. The van der Waals surface area contributed by atoms with Crippen LogP contribution in [0.1, 0.15) is 27.2 Å². The second kappa shape index (κ2) is 6.47. The summed E-state index contributed by atoms with van der Waals surface area (Å²) in [5.41, 5.74) is -0.547. The average Bonchev–Trinajstić information content (AvgIpc) is 2.71. The number of carbonyl (C=O) groups excluding carboxylic acids is 1. The van der Waals surface area contributed by atoms with Crippen LogP contribution in [0.2, 0.25) is 0 Å². The largest absolute Gasteiger partial charge is 0.444 e. The molecule has 2 unspecified atom stereocenters. The minimum Gasteiger partial charge on any atom is -0.444 e. The zero-order chi connectivity index (χ0) is 14.6. The van der Waals surface area contributed by atoms with Crippen molar-refractivity contribution in [2.75, 3.05) is 19.6 Å². The molecular weight excluding hydrogens is 258 g/mol. The molecule has 0 bridgehead atoms. The fourth-order valence-corrected chi connectivity index (χ4v) is 1.80. The predicted octanol–water partition coefficient (Wildman–Crippen LogP) is 1.21. The van der Waals surface area contributed by atoms with Gasteiger partial charge in [0.2, 0.25) is 0 Å². The molecule has 0 spiro atoms. The summed E-state index contributed by atoms with van der Waals surface area (Å²) in [6.07, 6.45) is -4.16. The lowest BCUT2D eigenvalue weighted by Gasteiger charge is -2.24. The van der Waals surface area contributed by atoms with E-state index < -0.39 is 24.2 Å². The Kier molecular flexibility index (Phi) is 5.49. The predicted molar refractivity (Wildman–Crippen MR) is 66.2 cm³/mol. The van der Waals surface area contributed by atoms with Crippen LogP contribution in [0.15, 0.2) is 0 Å². The van der Waals surface area contributed by atoms with Crippen LogP contribution < -0.4 is 5.32 Å². The van der Waals surface area contributed by atoms with E-state index in [0.717, 1.165) is 0 Å². The Morgan fingerprint density at radius 2 is 2.16 bits per heavy atom. The van der Waals surface area contributed by atoms with E-state index in [-0.39, 0.29) is 12.6 Å². The van der Waals surface area contributed by atoms with Crippen LogP contribution in [0.4, 0.5) is 13.6 Å². The summed E-state index contributed by atoms with van der Waals surface area (Å²) in [6.45, 7) is 6.12. The summed E-state index contributed by atoms with van der Waals surface area (Å²) < 4.78 is 29.5. The fourth-order valence-electron chi connectivity index (χ4n) is 1.80. The maximum atomic E-state index is 12.1.